The molecule has 6 nitrogen and oxygen atoms in total. The van der Waals surface area contributed by atoms with Crippen LogP contribution in [0.15, 0.2) is 16.6 Å². The van der Waals surface area contributed by atoms with Crippen LogP contribution in [0.1, 0.15) is 10.4 Å². The summed E-state index contributed by atoms with van der Waals surface area (Å²) in [6.07, 6.45) is 0. The van der Waals surface area contributed by atoms with Crippen LogP contribution in [-0.2, 0) is 4.74 Å². The van der Waals surface area contributed by atoms with Crippen molar-refractivity contribution in [1.82, 2.24) is 0 Å². The van der Waals surface area contributed by atoms with Gasteiger partial charge in [-0.3, -0.25) is 10.1 Å². The summed E-state index contributed by atoms with van der Waals surface area (Å²) in [5.74, 6) is -0.833. The monoisotopic (exact) mass is 274 g/mol. The van der Waals surface area contributed by atoms with E-state index in [1.165, 1.54) is 12.1 Å². The van der Waals surface area contributed by atoms with E-state index in [1.807, 2.05) is 0 Å². The minimum Gasteiger partial charge on any atom is -0.465 e. The van der Waals surface area contributed by atoms with E-state index in [0.29, 0.717) is 4.47 Å². The largest absolute Gasteiger partial charge is 0.465 e. The Morgan fingerprint density at radius 3 is 2.67 bits per heavy atom. The molecular formula is C8H7BrN2O4. The second-order valence-corrected chi connectivity index (χ2v) is 3.46. The number of halogens is 1. The van der Waals surface area contributed by atoms with Gasteiger partial charge in [0.05, 0.1) is 17.7 Å². The Hall–Kier alpha value is -1.63. The van der Waals surface area contributed by atoms with Gasteiger partial charge in [0.25, 0.3) is 5.69 Å². The molecule has 0 amide bonds. The Morgan fingerprint density at radius 2 is 2.20 bits per heavy atom. The van der Waals surface area contributed by atoms with E-state index in [9.17, 15) is 14.9 Å². The van der Waals surface area contributed by atoms with Gasteiger partial charge in [0, 0.05) is 10.5 Å². The van der Waals surface area contributed by atoms with Crippen LogP contribution in [0.5, 0.6) is 0 Å². The molecular weight excluding hydrogens is 268 g/mol. The number of hydrogen-bond acceptors (Lipinski definition) is 5. The van der Waals surface area contributed by atoms with Crippen molar-refractivity contribution in [3.63, 3.8) is 0 Å². The zero-order chi connectivity index (χ0) is 11.6. The summed E-state index contributed by atoms with van der Waals surface area (Å²) in [5, 5.41) is 10.6. The number of rotatable bonds is 2. The van der Waals surface area contributed by atoms with Gasteiger partial charge in [-0.25, -0.2) is 4.79 Å². The SMILES string of the molecule is COC(=O)c1c([N+](=O)[O-])ccc(Br)c1N. The highest BCUT2D eigenvalue weighted by Crippen LogP contribution is 2.31. The quantitative estimate of drug-likeness (QED) is 0.383. The van der Waals surface area contributed by atoms with E-state index in [-0.39, 0.29) is 16.9 Å². The van der Waals surface area contributed by atoms with E-state index < -0.39 is 10.9 Å². The molecule has 0 heterocycles. The number of methoxy groups -OCH3 is 1. The first-order valence-corrected chi connectivity index (χ1v) is 4.59. The lowest BCUT2D eigenvalue weighted by molar-refractivity contribution is -0.385. The maximum absolute atomic E-state index is 11.3. The fourth-order valence-electron chi connectivity index (χ4n) is 1.05. The van der Waals surface area contributed by atoms with Crippen LogP contribution >= 0.6 is 15.9 Å². The number of anilines is 1. The van der Waals surface area contributed by atoms with Crippen molar-refractivity contribution in [2.45, 2.75) is 0 Å². The van der Waals surface area contributed by atoms with Gasteiger partial charge < -0.3 is 10.5 Å². The molecule has 0 spiro atoms. The maximum atomic E-state index is 11.3. The molecule has 0 aromatic heterocycles. The number of esters is 1. The lowest BCUT2D eigenvalue weighted by Crippen LogP contribution is -2.09. The molecule has 0 bridgehead atoms. The molecule has 0 saturated carbocycles. The summed E-state index contributed by atoms with van der Waals surface area (Å²) in [4.78, 5) is 21.2. The minimum absolute atomic E-state index is 0.00366. The van der Waals surface area contributed by atoms with Crippen molar-refractivity contribution in [2.75, 3.05) is 12.8 Å². The maximum Gasteiger partial charge on any atom is 0.347 e. The molecule has 1 aromatic rings. The standard InChI is InChI=1S/C8H7BrN2O4/c1-15-8(12)6-5(11(13)14)3-2-4(9)7(6)10/h2-3H,10H2,1H3. The van der Waals surface area contributed by atoms with Gasteiger partial charge in [-0.1, -0.05) is 0 Å². The van der Waals surface area contributed by atoms with Crippen LogP contribution in [0.25, 0.3) is 0 Å². The van der Waals surface area contributed by atoms with Crippen LogP contribution in [0.3, 0.4) is 0 Å². The molecule has 0 fully saturated rings. The molecule has 15 heavy (non-hydrogen) atoms. The molecule has 2 N–H and O–H groups in total. The molecule has 0 saturated heterocycles. The lowest BCUT2D eigenvalue weighted by atomic mass is 10.1. The topological polar surface area (TPSA) is 95.5 Å². The van der Waals surface area contributed by atoms with Crippen molar-refractivity contribution in [1.29, 1.82) is 0 Å². The van der Waals surface area contributed by atoms with Gasteiger partial charge in [0.15, 0.2) is 5.56 Å². The fraction of sp³-hybridized carbons (Fsp3) is 0.125. The zero-order valence-corrected chi connectivity index (χ0v) is 9.28. The van der Waals surface area contributed by atoms with E-state index in [4.69, 9.17) is 5.73 Å². The first-order chi connectivity index (χ1) is 6.99. The predicted octanol–water partition coefficient (Wildman–Crippen LogP) is 1.73. The number of nitrogens with two attached hydrogens (primary N) is 1. The molecule has 0 atom stereocenters. The Labute approximate surface area is 93.3 Å². The summed E-state index contributed by atoms with van der Waals surface area (Å²) in [6, 6.07) is 2.59. The van der Waals surface area contributed by atoms with Gasteiger partial charge in [-0.2, -0.15) is 0 Å². The third-order valence-electron chi connectivity index (χ3n) is 1.76. The van der Waals surface area contributed by atoms with Crippen LogP contribution in [0.4, 0.5) is 11.4 Å². The van der Waals surface area contributed by atoms with Crippen molar-refractivity contribution >= 4 is 33.3 Å². The number of carbonyl (C=O) groups excluding carboxylic acids is 1. The number of nitrogen functional groups attached to an aromatic ring is 1. The number of nitro benzene ring substituents is 1. The van der Waals surface area contributed by atoms with Gasteiger partial charge in [0.1, 0.15) is 0 Å². The van der Waals surface area contributed by atoms with Crippen molar-refractivity contribution in [3.8, 4) is 0 Å². The van der Waals surface area contributed by atoms with E-state index in [2.05, 4.69) is 20.7 Å². The van der Waals surface area contributed by atoms with Crippen LogP contribution in [0.2, 0.25) is 0 Å². The molecule has 0 aliphatic carbocycles. The number of benzene rings is 1. The first-order valence-electron chi connectivity index (χ1n) is 3.79. The molecule has 7 heteroatoms. The zero-order valence-electron chi connectivity index (χ0n) is 7.69. The number of nitrogens with zero attached hydrogens (tertiary/aromatic N) is 1. The van der Waals surface area contributed by atoms with Crippen molar-refractivity contribution in [3.05, 3.63) is 32.3 Å². The van der Waals surface area contributed by atoms with Crippen LogP contribution < -0.4 is 5.73 Å². The number of hydrogen-bond donors (Lipinski definition) is 1. The fourth-order valence-corrected chi connectivity index (χ4v) is 1.38. The average molecular weight is 275 g/mol. The van der Waals surface area contributed by atoms with E-state index in [0.717, 1.165) is 7.11 Å². The average Bonchev–Trinajstić information content (AvgIpc) is 2.20. The molecule has 0 unspecified atom stereocenters. The molecule has 80 valence electrons. The third kappa shape index (κ3) is 2.07. The van der Waals surface area contributed by atoms with Crippen LogP contribution in [0, 0.1) is 10.1 Å². The molecule has 0 aliphatic rings. The highest BCUT2D eigenvalue weighted by molar-refractivity contribution is 9.10. The Balaban J connectivity index is 3.48. The van der Waals surface area contributed by atoms with E-state index in [1.54, 1.807) is 0 Å². The third-order valence-corrected chi connectivity index (χ3v) is 2.45. The Bertz CT molecular complexity index is 433. The molecule has 0 aliphatic heterocycles. The van der Waals surface area contributed by atoms with Crippen molar-refractivity contribution < 1.29 is 14.5 Å². The predicted molar refractivity (Wildman–Crippen MR) is 56.5 cm³/mol. The lowest BCUT2D eigenvalue weighted by Gasteiger charge is -2.05. The highest BCUT2D eigenvalue weighted by Gasteiger charge is 2.25. The van der Waals surface area contributed by atoms with E-state index >= 15 is 0 Å². The first kappa shape index (κ1) is 11.4. The van der Waals surface area contributed by atoms with Gasteiger partial charge in [-0.05, 0) is 22.0 Å². The molecule has 1 aromatic carbocycles. The van der Waals surface area contributed by atoms with Gasteiger partial charge in [-0.15, -0.1) is 0 Å². The number of carbonyl (C=O) groups is 1. The summed E-state index contributed by atoms with van der Waals surface area (Å²) in [6.45, 7) is 0. The Kier molecular flexibility index (Phi) is 3.25. The molecule has 1 rings (SSSR count). The molecule has 0 radical (unpaired) electrons. The minimum atomic E-state index is -0.833. The second-order valence-electron chi connectivity index (χ2n) is 2.60. The van der Waals surface area contributed by atoms with Crippen LogP contribution in [-0.4, -0.2) is 18.0 Å². The Morgan fingerprint density at radius 1 is 1.60 bits per heavy atom. The highest BCUT2D eigenvalue weighted by atomic mass is 79.9. The van der Waals surface area contributed by atoms with Crippen molar-refractivity contribution in [2.24, 2.45) is 0 Å². The summed E-state index contributed by atoms with van der Waals surface area (Å²) in [5.41, 5.74) is 4.93. The second kappa shape index (κ2) is 4.26. The number of ether oxygens (including phenoxy) is 1. The summed E-state index contributed by atoms with van der Waals surface area (Å²) in [7, 11) is 1.13. The normalized spacial score (nSPS) is 9.73. The summed E-state index contributed by atoms with van der Waals surface area (Å²) >= 11 is 3.07. The smallest absolute Gasteiger partial charge is 0.347 e. The summed E-state index contributed by atoms with van der Waals surface area (Å²) < 4.78 is 4.83. The van der Waals surface area contributed by atoms with Gasteiger partial charge >= 0.3 is 5.97 Å². The van der Waals surface area contributed by atoms with Gasteiger partial charge in [0.2, 0.25) is 0 Å². The number of nitro groups is 1.